The summed E-state index contributed by atoms with van der Waals surface area (Å²) < 4.78 is 2.02. The average molecular weight is 467 g/mol. The molecular weight excluding hydrogens is 450 g/mol. The quantitative estimate of drug-likeness (QED) is 0.586. The Bertz CT molecular complexity index is 997. The number of amides is 2. The maximum atomic E-state index is 12.7. The van der Waals surface area contributed by atoms with Crippen molar-refractivity contribution in [1.82, 2.24) is 14.9 Å². The van der Waals surface area contributed by atoms with Crippen molar-refractivity contribution in [3.05, 3.63) is 46.0 Å². The number of aromatic nitrogens is 2. The number of rotatable bonds is 2. The molecule has 0 bridgehead atoms. The van der Waals surface area contributed by atoms with E-state index in [9.17, 15) is 4.79 Å². The van der Waals surface area contributed by atoms with Crippen LogP contribution in [-0.2, 0) is 0 Å². The van der Waals surface area contributed by atoms with Crippen molar-refractivity contribution >= 4 is 66.1 Å². The van der Waals surface area contributed by atoms with Crippen LogP contribution in [0.15, 0.2) is 41.0 Å². The Kier molecular flexibility index (Phi) is 5.21. The van der Waals surface area contributed by atoms with Gasteiger partial charge in [0.05, 0.1) is 15.2 Å². The number of anilines is 2. The topological polar surface area (TPSA) is 61.4 Å². The van der Waals surface area contributed by atoms with Gasteiger partial charge in [0.1, 0.15) is 5.82 Å². The molecule has 1 atom stereocenters. The lowest BCUT2D eigenvalue weighted by Crippen LogP contribution is -2.55. The summed E-state index contributed by atoms with van der Waals surface area (Å²) in [6.45, 7) is 3.98. The van der Waals surface area contributed by atoms with Gasteiger partial charge in [-0.05, 0) is 37.3 Å². The number of hydrogen-bond acceptors (Lipinski definition) is 5. The Morgan fingerprint density at radius 3 is 3.00 bits per heavy atom. The fourth-order valence-electron chi connectivity index (χ4n) is 3.18. The second-order valence-electron chi connectivity index (χ2n) is 6.36. The molecule has 1 aliphatic heterocycles. The second-order valence-corrected chi connectivity index (χ2v) is 8.71. The molecule has 1 N–H and O–H groups in total. The van der Waals surface area contributed by atoms with Crippen LogP contribution in [0, 0.1) is 0 Å². The number of nitrogens with one attached hydrogen (secondary N) is 1. The van der Waals surface area contributed by atoms with Crippen LogP contribution in [0.3, 0.4) is 0 Å². The third-order valence-corrected chi connectivity index (χ3v) is 6.21. The van der Waals surface area contributed by atoms with Crippen LogP contribution in [0.4, 0.5) is 15.7 Å². The van der Waals surface area contributed by atoms with Crippen LogP contribution in [0.25, 0.3) is 10.2 Å². The highest BCUT2D eigenvalue weighted by molar-refractivity contribution is 9.10. The lowest BCUT2D eigenvalue weighted by molar-refractivity contribution is 0.184. The molecule has 27 heavy (non-hydrogen) atoms. The first kappa shape index (κ1) is 18.5. The zero-order valence-electron chi connectivity index (χ0n) is 14.5. The van der Waals surface area contributed by atoms with E-state index in [0.29, 0.717) is 29.8 Å². The van der Waals surface area contributed by atoms with Gasteiger partial charge in [-0.3, -0.25) is 5.32 Å². The van der Waals surface area contributed by atoms with Crippen molar-refractivity contribution in [1.29, 1.82) is 0 Å². The van der Waals surface area contributed by atoms with Gasteiger partial charge in [-0.1, -0.05) is 38.9 Å². The number of carbonyl (C=O) groups is 1. The molecule has 0 radical (unpaired) electrons. The van der Waals surface area contributed by atoms with Crippen molar-refractivity contribution in [2.45, 2.75) is 13.0 Å². The van der Waals surface area contributed by atoms with Gasteiger partial charge in [0, 0.05) is 36.3 Å². The van der Waals surface area contributed by atoms with E-state index in [1.165, 1.54) is 11.3 Å². The van der Waals surface area contributed by atoms with E-state index in [4.69, 9.17) is 11.6 Å². The summed E-state index contributed by atoms with van der Waals surface area (Å²) in [7, 11) is 0. The molecule has 2 aromatic heterocycles. The molecule has 0 spiro atoms. The third kappa shape index (κ3) is 3.88. The minimum absolute atomic E-state index is 0.0281. The number of benzene rings is 1. The minimum Gasteiger partial charge on any atom is -0.352 e. The van der Waals surface area contributed by atoms with Gasteiger partial charge >= 0.3 is 6.03 Å². The van der Waals surface area contributed by atoms with Crippen molar-refractivity contribution in [3.8, 4) is 0 Å². The van der Waals surface area contributed by atoms with Gasteiger partial charge < -0.3 is 9.80 Å². The Morgan fingerprint density at radius 2 is 2.22 bits per heavy atom. The molecule has 140 valence electrons. The van der Waals surface area contributed by atoms with Gasteiger partial charge in [-0.15, -0.1) is 0 Å². The predicted molar refractivity (Wildman–Crippen MR) is 114 cm³/mol. The van der Waals surface area contributed by atoms with Crippen LogP contribution < -0.4 is 10.2 Å². The summed E-state index contributed by atoms with van der Waals surface area (Å²) >= 11 is 11.2. The molecule has 6 nitrogen and oxygen atoms in total. The number of fused-ring (bicyclic) bond motifs is 1. The predicted octanol–water partition coefficient (Wildman–Crippen LogP) is 4.85. The molecule has 3 heterocycles. The molecular formula is C18H17BrClN5OS. The van der Waals surface area contributed by atoms with Crippen molar-refractivity contribution in [2.75, 3.05) is 29.9 Å². The fraction of sp³-hybridized carbons (Fsp3) is 0.278. The van der Waals surface area contributed by atoms with Crippen molar-refractivity contribution in [2.24, 2.45) is 0 Å². The number of hydrogen-bond donors (Lipinski definition) is 1. The van der Waals surface area contributed by atoms with Crippen LogP contribution in [0.5, 0.6) is 0 Å². The molecule has 1 aromatic carbocycles. The fourth-order valence-corrected chi connectivity index (χ4v) is 4.83. The molecule has 0 saturated carbocycles. The van der Waals surface area contributed by atoms with Gasteiger partial charge in [0.25, 0.3) is 0 Å². The molecule has 0 unspecified atom stereocenters. The number of piperazine rings is 1. The molecule has 3 aromatic rings. The third-order valence-electron chi connectivity index (χ3n) is 4.49. The van der Waals surface area contributed by atoms with Crippen LogP contribution in [-0.4, -0.2) is 46.6 Å². The minimum atomic E-state index is -0.132. The number of pyridine rings is 1. The first-order chi connectivity index (χ1) is 13.0. The Morgan fingerprint density at radius 1 is 1.37 bits per heavy atom. The first-order valence-electron chi connectivity index (χ1n) is 8.50. The van der Waals surface area contributed by atoms with E-state index < -0.39 is 0 Å². The highest BCUT2D eigenvalue weighted by Crippen LogP contribution is 2.29. The average Bonchev–Trinajstić information content (AvgIpc) is 3.03. The van der Waals surface area contributed by atoms with Gasteiger partial charge in [-0.2, -0.15) is 0 Å². The summed E-state index contributed by atoms with van der Waals surface area (Å²) in [5.41, 5.74) is 0.876. The molecule has 9 heteroatoms. The molecule has 2 amide bonds. The van der Waals surface area contributed by atoms with E-state index in [2.05, 4.69) is 36.1 Å². The lowest BCUT2D eigenvalue weighted by Gasteiger charge is -2.40. The summed E-state index contributed by atoms with van der Waals surface area (Å²) in [6.07, 6.45) is 1.73. The number of thiazole rings is 1. The van der Waals surface area contributed by atoms with Gasteiger partial charge in [0.15, 0.2) is 5.13 Å². The standard InChI is InChI=1S/C18H17BrClN5OS/c1-11-10-24(16-13(20)3-2-6-21-16)7-8-25(11)18(26)23-17-22-14-5-4-12(19)9-15(14)27-17/h2-6,9,11H,7-8,10H2,1H3,(H,22,23,26)/t11-/m1/s1. The zero-order valence-corrected chi connectivity index (χ0v) is 17.7. The summed E-state index contributed by atoms with van der Waals surface area (Å²) in [5, 5.41) is 4.17. The SMILES string of the molecule is C[C@@H]1CN(c2ncccc2Cl)CCN1C(=O)Nc1nc2ccc(Br)cc2s1. The van der Waals surface area contributed by atoms with Crippen LogP contribution in [0.1, 0.15) is 6.92 Å². The Balaban J connectivity index is 1.44. The summed E-state index contributed by atoms with van der Waals surface area (Å²) in [5.74, 6) is 0.767. The van der Waals surface area contributed by atoms with Crippen LogP contribution in [0.2, 0.25) is 5.02 Å². The first-order valence-corrected chi connectivity index (χ1v) is 10.5. The number of carbonyl (C=O) groups excluding carboxylic acids is 1. The van der Waals surface area contributed by atoms with E-state index in [-0.39, 0.29) is 12.1 Å². The molecule has 1 aliphatic rings. The summed E-state index contributed by atoms with van der Waals surface area (Å²) in [4.78, 5) is 25.5. The largest absolute Gasteiger partial charge is 0.352 e. The highest BCUT2D eigenvalue weighted by atomic mass is 79.9. The van der Waals surface area contributed by atoms with Crippen molar-refractivity contribution in [3.63, 3.8) is 0 Å². The lowest BCUT2D eigenvalue weighted by atomic mass is 10.2. The molecule has 4 rings (SSSR count). The smallest absolute Gasteiger partial charge is 0.324 e. The monoisotopic (exact) mass is 465 g/mol. The molecule has 1 fully saturated rings. The number of urea groups is 1. The Hall–Kier alpha value is -1.90. The molecule has 1 saturated heterocycles. The Labute approximate surface area is 174 Å². The zero-order chi connectivity index (χ0) is 19.0. The normalized spacial score (nSPS) is 17.4. The van der Waals surface area contributed by atoms with Gasteiger partial charge in [-0.25, -0.2) is 14.8 Å². The van der Waals surface area contributed by atoms with Crippen LogP contribution >= 0.6 is 38.9 Å². The van der Waals surface area contributed by atoms with E-state index in [1.807, 2.05) is 42.2 Å². The van der Waals surface area contributed by atoms with Gasteiger partial charge in [0.2, 0.25) is 0 Å². The van der Waals surface area contributed by atoms with E-state index in [1.54, 1.807) is 6.20 Å². The maximum Gasteiger partial charge on any atom is 0.324 e. The number of nitrogens with zero attached hydrogens (tertiary/aromatic N) is 4. The maximum absolute atomic E-state index is 12.7. The van der Waals surface area contributed by atoms with Crippen molar-refractivity contribution < 1.29 is 4.79 Å². The number of halogens is 2. The van der Waals surface area contributed by atoms with E-state index in [0.717, 1.165) is 20.5 Å². The highest BCUT2D eigenvalue weighted by Gasteiger charge is 2.29. The second kappa shape index (κ2) is 7.61. The van der Waals surface area contributed by atoms with E-state index >= 15 is 0 Å². The molecule has 0 aliphatic carbocycles. The summed E-state index contributed by atoms with van der Waals surface area (Å²) in [6, 6.07) is 9.42.